The van der Waals surface area contributed by atoms with E-state index in [1.165, 1.54) is 22.3 Å². The first-order valence-electron chi connectivity index (χ1n) is 21.9. The Hall–Kier alpha value is -6.00. The summed E-state index contributed by atoms with van der Waals surface area (Å²) < 4.78 is 55.2. The predicted octanol–water partition coefficient (Wildman–Crippen LogP) is 10.8. The highest BCUT2D eigenvalue weighted by Crippen LogP contribution is 2.36. The van der Waals surface area contributed by atoms with Crippen LogP contribution in [0.3, 0.4) is 0 Å². The molecule has 328 valence electrons. The molecule has 0 saturated carbocycles. The number of benzene rings is 6. The van der Waals surface area contributed by atoms with Gasteiger partial charge in [0, 0.05) is 10.8 Å². The molecule has 0 amide bonds. The Labute approximate surface area is 371 Å². The first-order valence-corrected chi connectivity index (χ1v) is 21.9. The van der Waals surface area contributed by atoms with Gasteiger partial charge in [0.1, 0.15) is 74.1 Å². The highest BCUT2D eigenvalue weighted by Gasteiger charge is 2.25. The van der Waals surface area contributed by atoms with Crippen molar-refractivity contribution < 1.29 is 42.6 Å². The van der Waals surface area contributed by atoms with E-state index in [9.17, 15) is 0 Å². The average molecular weight is 851 g/mol. The molecule has 0 fully saturated rings. The molecule has 0 atom stereocenters. The lowest BCUT2D eigenvalue weighted by molar-refractivity contribution is 0.00497. The number of hydrogen-bond donors (Lipinski definition) is 0. The Morgan fingerprint density at radius 2 is 0.508 bits per heavy atom. The second-order valence-corrected chi connectivity index (χ2v) is 17.0. The van der Waals surface area contributed by atoms with Crippen molar-refractivity contribution in [3.05, 3.63) is 178 Å². The van der Waals surface area contributed by atoms with Crippen molar-refractivity contribution >= 4 is 0 Å². The zero-order chi connectivity index (χ0) is 43.5. The van der Waals surface area contributed by atoms with Crippen LogP contribution >= 0.6 is 0 Å². The van der Waals surface area contributed by atoms with Crippen molar-refractivity contribution in [3.8, 4) is 34.5 Å². The van der Waals surface area contributed by atoms with Crippen LogP contribution in [0.25, 0.3) is 0 Å². The van der Waals surface area contributed by atoms with Crippen LogP contribution in [-0.4, -0.2) is 52.9 Å². The van der Waals surface area contributed by atoms with Crippen LogP contribution in [0.15, 0.2) is 133 Å². The van der Waals surface area contributed by atoms with Crippen molar-refractivity contribution in [2.45, 2.75) is 65.0 Å². The van der Waals surface area contributed by atoms with E-state index in [0.717, 1.165) is 56.8 Å². The maximum absolute atomic E-state index is 6.36. The zero-order valence-electron chi connectivity index (χ0n) is 36.9. The van der Waals surface area contributed by atoms with Crippen LogP contribution in [-0.2, 0) is 51.5 Å². The Morgan fingerprint density at radius 1 is 0.270 bits per heavy atom. The van der Waals surface area contributed by atoms with Gasteiger partial charge in [-0.05, 0) is 129 Å². The minimum atomic E-state index is -0.257. The van der Waals surface area contributed by atoms with Gasteiger partial charge in [-0.25, -0.2) is 0 Å². The second-order valence-electron chi connectivity index (χ2n) is 17.0. The molecule has 9 heteroatoms. The first kappa shape index (κ1) is 43.6. The topological polar surface area (TPSA) is 83.1 Å². The van der Waals surface area contributed by atoms with Crippen molar-refractivity contribution in [1.82, 2.24) is 0 Å². The molecule has 6 aromatic rings. The van der Waals surface area contributed by atoms with Gasteiger partial charge in [-0.2, -0.15) is 0 Å². The summed E-state index contributed by atoms with van der Waals surface area (Å²) in [6.07, 6.45) is 0. The quantitative estimate of drug-likeness (QED) is 0.148. The lowest BCUT2D eigenvalue weighted by Gasteiger charge is -2.26. The summed E-state index contributed by atoms with van der Waals surface area (Å²) >= 11 is 0. The molecule has 13 heterocycles. The zero-order valence-corrected chi connectivity index (χ0v) is 36.9. The van der Waals surface area contributed by atoms with Gasteiger partial charge in [-0.3, -0.25) is 0 Å². The van der Waals surface area contributed by atoms with E-state index in [0.29, 0.717) is 79.3 Å². The minimum absolute atomic E-state index is 0.257. The van der Waals surface area contributed by atoms with E-state index in [2.05, 4.69) is 88.4 Å². The van der Waals surface area contributed by atoms with Gasteiger partial charge in [0.25, 0.3) is 0 Å². The maximum atomic E-state index is 6.36. The Morgan fingerprint density at radius 3 is 0.762 bits per heavy atom. The van der Waals surface area contributed by atoms with Gasteiger partial charge in [-0.15, -0.1) is 0 Å². The van der Waals surface area contributed by atoms with E-state index in [1.807, 2.05) is 72.8 Å². The summed E-state index contributed by atoms with van der Waals surface area (Å²) in [6.45, 7) is 13.8. The molecule has 0 saturated heterocycles. The average Bonchev–Trinajstić information content (AvgIpc) is 3.30. The number of hydrogen-bond acceptors (Lipinski definition) is 9. The fourth-order valence-electron chi connectivity index (χ4n) is 7.81. The van der Waals surface area contributed by atoms with Crippen molar-refractivity contribution in [2.75, 3.05) is 52.9 Å². The molecule has 9 nitrogen and oxygen atoms in total. The molecule has 13 aliphatic heterocycles. The molecule has 0 spiro atoms. The smallest absolute Gasteiger partial charge is 0.120 e. The minimum Gasteiger partial charge on any atom is -0.491 e. The van der Waals surface area contributed by atoms with Crippen molar-refractivity contribution in [1.29, 1.82) is 0 Å². The van der Waals surface area contributed by atoms with Crippen LogP contribution in [0.1, 0.15) is 72.2 Å². The summed E-state index contributed by atoms with van der Waals surface area (Å²) in [5, 5.41) is 0. The first-order chi connectivity index (χ1) is 30.7. The van der Waals surface area contributed by atoms with Crippen molar-refractivity contribution in [3.63, 3.8) is 0 Å². The normalized spacial score (nSPS) is 17.3. The van der Waals surface area contributed by atoms with Gasteiger partial charge in [0.2, 0.25) is 0 Å². The molecule has 0 unspecified atom stereocenters. The van der Waals surface area contributed by atoms with Crippen LogP contribution in [0.4, 0.5) is 0 Å². The third-order valence-corrected chi connectivity index (χ3v) is 11.7. The van der Waals surface area contributed by atoms with E-state index >= 15 is 0 Å². The molecular formula is C54H58O9. The second kappa shape index (κ2) is 20.5. The lowest BCUT2D eigenvalue weighted by Crippen LogP contribution is -2.18. The summed E-state index contributed by atoms with van der Waals surface area (Å²) in [7, 11) is 0. The van der Waals surface area contributed by atoms with Crippen molar-refractivity contribution in [2.24, 2.45) is 0 Å². The van der Waals surface area contributed by atoms with Crippen LogP contribution in [0, 0.1) is 0 Å². The Kier molecular flexibility index (Phi) is 14.2. The maximum Gasteiger partial charge on any atom is 0.120 e. The molecule has 6 aromatic carbocycles. The van der Waals surface area contributed by atoms with Gasteiger partial charge in [0.15, 0.2) is 0 Å². The third kappa shape index (κ3) is 11.7. The summed E-state index contributed by atoms with van der Waals surface area (Å²) in [5.74, 6) is 4.58. The summed E-state index contributed by atoms with van der Waals surface area (Å²) in [5.41, 5.74) is 8.07. The number of ether oxygens (including phenoxy) is 9. The SMILES string of the molecule is CC1(C)c2ccc(cc2)OCc2cc3cc(c2)OCCOCCOCCOCCOc2cc(cc(c2)COc2ccc(cc2)C(C)(C)c2ccc(cc2)OC3)COc2ccc1cc2. The van der Waals surface area contributed by atoms with Gasteiger partial charge in [-0.1, -0.05) is 76.2 Å². The molecule has 14 bridgehead atoms. The van der Waals surface area contributed by atoms with Gasteiger partial charge < -0.3 is 42.6 Å². The molecule has 0 aliphatic carbocycles. The molecular weight excluding hydrogens is 793 g/mol. The van der Waals surface area contributed by atoms with Crippen LogP contribution in [0.2, 0.25) is 0 Å². The summed E-state index contributed by atoms with van der Waals surface area (Å²) in [4.78, 5) is 0. The number of rotatable bonds is 0. The fraction of sp³-hybridized carbons (Fsp3) is 0.333. The fourth-order valence-corrected chi connectivity index (χ4v) is 7.81. The van der Waals surface area contributed by atoms with E-state index in [-0.39, 0.29) is 10.8 Å². The predicted molar refractivity (Wildman–Crippen MR) is 244 cm³/mol. The van der Waals surface area contributed by atoms with E-state index in [4.69, 9.17) is 42.6 Å². The largest absolute Gasteiger partial charge is 0.491 e. The Bertz CT molecular complexity index is 2060. The molecule has 19 rings (SSSR count). The highest BCUT2D eigenvalue weighted by molar-refractivity contribution is 5.44. The van der Waals surface area contributed by atoms with Gasteiger partial charge >= 0.3 is 0 Å². The standard InChI is InChI=1S/C54H58O9/c1-53(2)43-5-13-47(14-6-43)60-35-39-29-41-33-51(31-39)58-27-25-56-23-21-55-22-24-57-26-28-59-52-32-40(36-61-48-15-7-44(53)8-16-48)30-42(34-52)38-63-50-19-11-46(12-20-50)54(3,4)45-9-17-49(18-10-45)62-37-41/h5-20,29-34H,21-28,35-38H2,1-4H3. The van der Waals surface area contributed by atoms with Crippen LogP contribution < -0.4 is 28.4 Å². The van der Waals surface area contributed by atoms with Crippen LogP contribution in [0.5, 0.6) is 34.5 Å². The molecule has 63 heavy (non-hydrogen) atoms. The molecule has 0 radical (unpaired) electrons. The van der Waals surface area contributed by atoms with Gasteiger partial charge in [0.05, 0.1) is 39.6 Å². The summed E-state index contributed by atoms with van der Waals surface area (Å²) in [6, 6.07) is 45.7. The monoisotopic (exact) mass is 850 g/mol. The molecule has 0 aromatic heterocycles. The van der Waals surface area contributed by atoms with E-state index in [1.54, 1.807) is 0 Å². The highest BCUT2D eigenvalue weighted by atomic mass is 16.6. The third-order valence-electron chi connectivity index (χ3n) is 11.7. The molecule has 0 N–H and O–H groups in total. The lowest BCUT2D eigenvalue weighted by atomic mass is 9.78. The van der Waals surface area contributed by atoms with E-state index < -0.39 is 0 Å². The Balaban J connectivity index is 1.11. The molecule has 13 aliphatic rings.